The van der Waals surface area contributed by atoms with E-state index >= 15 is 0 Å². The number of aromatic nitrogens is 2. The summed E-state index contributed by atoms with van der Waals surface area (Å²) in [5, 5.41) is 0. The zero-order valence-corrected chi connectivity index (χ0v) is 15.4. The van der Waals surface area contributed by atoms with Gasteiger partial charge in [-0.05, 0) is 30.5 Å². The van der Waals surface area contributed by atoms with Gasteiger partial charge in [0.2, 0.25) is 5.91 Å². The number of rotatable bonds is 4. The minimum atomic E-state index is -0.280. The van der Waals surface area contributed by atoms with Crippen LogP contribution < -0.4 is 9.80 Å². The van der Waals surface area contributed by atoms with Crippen molar-refractivity contribution >= 4 is 17.5 Å². The second-order valence-electron chi connectivity index (χ2n) is 7.10. The van der Waals surface area contributed by atoms with Gasteiger partial charge in [-0.2, -0.15) is 0 Å². The second-order valence-corrected chi connectivity index (χ2v) is 7.10. The summed E-state index contributed by atoms with van der Waals surface area (Å²) in [6, 6.07) is 8.19. The SMILES string of the molecule is O=C(Cc1ccc(F)cc1)N1CCN(c2cc(N3CCCC3)ncn2)CC1. The van der Waals surface area contributed by atoms with Crippen molar-refractivity contribution < 1.29 is 9.18 Å². The van der Waals surface area contributed by atoms with Crippen LogP contribution in [0.5, 0.6) is 0 Å². The molecule has 2 aliphatic rings. The topological polar surface area (TPSA) is 52.6 Å². The summed E-state index contributed by atoms with van der Waals surface area (Å²) in [5.74, 6) is 1.73. The third-order valence-electron chi connectivity index (χ3n) is 5.29. The second kappa shape index (κ2) is 7.90. The summed E-state index contributed by atoms with van der Waals surface area (Å²) in [6.45, 7) is 4.97. The molecular formula is C20H24FN5O. The smallest absolute Gasteiger partial charge is 0.227 e. The number of piperazine rings is 1. The maximum atomic E-state index is 13.0. The van der Waals surface area contributed by atoms with Crippen LogP contribution in [0.2, 0.25) is 0 Å². The molecule has 0 saturated carbocycles. The highest BCUT2D eigenvalue weighted by molar-refractivity contribution is 5.79. The van der Waals surface area contributed by atoms with Gasteiger partial charge in [-0.25, -0.2) is 14.4 Å². The van der Waals surface area contributed by atoms with E-state index < -0.39 is 0 Å². The number of amides is 1. The monoisotopic (exact) mass is 369 g/mol. The van der Waals surface area contributed by atoms with E-state index in [1.54, 1.807) is 18.5 Å². The predicted octanol–water partition coefficient (Wildman–Crippen LogP) is 2.11. The minimum absolute atomic E-state index is 0.0849. The molecule has 27 heavy (non-hydrogen) atoms. The van der Waals surface area contributed by atoms with Gasteiger partial charge in [-0.3, -0.25) is 4.79 Å². The molecule has 0 unspecified atom stereocenters. The largest absolute Gasteiger partial charge is 0.356 e. The molecule has 1 aromatic carbocycles. The highest BCUT2D eigenvalue weighted by Gasteiger charge is 2.23. The number of carbonyl (C=O) groups is 1. The number of hydrogen-bond donors (Lipinski definition) is 0. The number of nitrogens with zero attached hydrogens (tertiary/aromatic N) is 5. The molecule has 2 aliphatic heterocycles. The molecule has 2 saturated heterocycles. The van der Waals surface area contributed by atoms with Crippen LogP contribution in [0, 0.1) is 5.82 Å². The Kier molecular flexibility index (Phi) is 5.18. The van der Waals surface area contributed by atoms with Crippen molar-refractivity contribution in [3.05, 3.63) is 48.0 Å². The molecule has 6 nitrogen and oxygen atoms in total. The maximum absolute atomic E-state index is 13.0. The van der Waals surface area contributed by atoms with E-state index in [1.807, 2.05) is 4.90 Å². The highest BCUT2D eigenvalue weighted by Crippen LogP contribution is 2.22. The Morgan fingerprint density at radius 2 is 1.48 bits per heavy atom. The standard InChI is InChI=1S/C20H24FN5O/c21-17-5-3-16(4-6-17)13-20(27)26-11-9-25(10-12-26)19-14-18(22-15-23-19)24-7-1-2-8-24/h3-6,14-15H,1-2,7-13H2. The van der Waals surface area contributed by atoms with Gasteiger partial charge in [0.15, 0.2) is 0 Å². The van der Waals surface area contributed by atoms with Gasteiger partial charge < -0.3 is 14.7 Å². The van der Waals surface area contributed by atoms with Crippen molar-refractivity contribution in [2.75, 3.05) is 49.1 Å². The molecule has 4 rings (SSSR count). The molecule has 0 N–H and O–H groups in total. The first-order valence-corrected chi connectivity index (χ1v) is 9.53. The Bertz CT molecular complexity index is 783. The number of hydrogen-bond acceptors (Lipinski definition) is 5. The van der Waals surface area contributed by atoms with Crippen LogP contribution in [0.25, 0.3) is 0 Å². The van der Waals surface area contributed by atoms with Crippen molar-refractivity contribution in [2.24, 2.45) is 0 Å². The normalized spacial score (nSPS) is 17.4. The van der Waals surface area contributed by atoms with Gasteiger partial charge in [0.1, 0.15) is 23.8 Å². The van der Waals surface area contributed by atoms with Crippen LogP contribution in [0.15, 0.2) is 36.7 Å². The molecule has 0 spiro atoms. The van der Waals surface area contributed by atoms with Crippen molar-refractivity contribution in [2.45, 2.75) is 19.3 Å². The summed E-state index contributed by atoms with van der Waals surface area (Å²) in [7, 11) is 0. The van der Waals surface area contributed by atoms with Gasteiger partial charge in [-0.1, -0.05) is 12.1 Å². The number of benzene rings is 1. The first-order chi connectivity index (χ1) is 13.2. The molecule has 1 aromatic heterocycles. The van der Waals surface area contributed by atoms with E-state index in [-0.39, 0.29) is 11.7 Å². The zero-order valence-electron chi connectivity index (χ0n) is 15.4. The van der Waals surface area contributed by atoms with E-state index in [4.69, 9.17) is 0 Å². The van der Waals surface area contributed by atoms with Crippen LogP contribution >= 0.6 is 0 Å². The van der Waals surface area contributed by atoms with Crippen LogP contribution in [0.4, 0.5) is 16.0 Å². The van der Waals surface area contributed by atoms with Gasteiger partial charge in [0.25, 0.3) is 0 Å². The molecule has 0 bridgehead atoms. The quantitative estimate of drug-likeness (QED) is 0.826. The van der Waals surface area contributed by atoms with Crippen LogP contribution in [0.3, 0.4) is 0 Å². The van der Waals surface area contributed by atoms with Gasteiger partial charge in [0.05, 0.1) is 6.42 Å². The fraction of sp³-hybridized carbons (Fsp3) is 0.450. The summed E-state index contributed by atoms with van der Waals surface area (Å²) in [4.78, 5) is 27.7. The van der Waals surface area contributed by atoms with Gasteiger partial charge in [-0.15, -0.1) is 0 Å². The van der Waals surface area contributed by atoms with Crippen LogP contribution in [-0.4, -0.2) is 60.0 Å². The first-order valence-electron chi connectivity index (χ1n) is 9.53. The number of halogens is 1. The number of anilines is 2. The van der Waals surface area contributed by atoms with Crippen molar-refractivity contribution in [1.82, 2.24) is 14.9 Å². The molecule has 1 amide bonds. The van der Waals surface area contributed by atoms with Crippen molar-refractivity contribution in [3.8, 4) is 0 Å². The Labute approximate surface area is 158 Å². The molecule has 7 heteroatoms. The number of carbonyl (C=O) groups excluding carboxylic acids is 1. The lowest BCUT2D eigenvalue weighted by atomic mass is 10.1. The lowest BCUT2D eigenvalue weighted by Crippen LogP contribution is -2.49. The summed E-state index contributed by atoms with van der Waals surface area (Å²) < 4.78 is 13.0. The summed E-state index contributed by atoms with van der Waals surface area (Å²) >= 11 is 0. The molecule has 0 radical (unpaired) electrons. The average Bonchev–Trinajstić information content (AvgIpc) is 3.25. The lowest BCUT2D eigenvalue weighted by molar-refractivity contribution is -0.130. The lowest BCUT2D eigenvalue weighted by Gasteiger charge is -2.35. The van der Waals surface area contributed by atoms with E-state index in [0.29, 0.717) is 19.5 Å². The Balaban J connectivity index is 1.34. The third-order valence-corrected chi connectivity index (χ3v) is 5.29. The molecule has 142 valence electrons. The summed E-state index contributed by atoms with van der Waals surface area (Å²) in [5.41, 5.74) is 0.842. The third kappa shape index (κ3) is 4.18. The van der Waals surface area contributed by atoms with E-state index in [9.17, 15) is 9.18 Å². The average molecular weight is 369 g/mol. The molecule has 3 heterocycles. The Morgan fingerprint density at radius 1 is 0.889 bits per heavy atom. The van der Waals surface area contributed by atoms with Gasteiger partial charge in [0, 0.05) is 45.3 Å². The molecule has 2 fully saturated rings. The molecule has 0 atom stereocenters. The molecule has 0 aliphatic carbocycles. The zero-order chi connectivity index (χ0) is 18.6. The van der Waals surface area contributed by atoms with Gasteiger partial charge >= 0.3 is 0 Å². The molecular weight excluding hydrogens is 345 g/mol. The molecule has 2 aromatic rings. The predicted molar refractivity (Wildman–Crippen MR) is 102 cm³/mol. The van der Waals surface area contributed by atoms with Crippen molar-refractivity contribution in [1.29, 1.82) is 0 Å². The summed E-state index contributed by atoms with van der Waals surface area (Å²) in [6.07, 6.45) is 4.38. The van der Waals surface area contributed by atoms with E-state index in [0.717, 1.165) is 43.4 Å². The first kappa shape index (κ1) is 17.7. The van der Waals surface area contributed by atoms with Crippen molar-refractivity contribution in [3.63, 3.8) is 0 Å². The highest BCUT2D eigenvalue weighted by atomic mass is 19.1. The van der Waals surface area contributed by atoms with E-state index in [1.165, 1.54) is 25.0 Å². The maximum Gasteiger partial charge on any atom is 0.227 e. The fourth-order valence-corrected chi connectivity index (χ4v) is 3.70. The Hall–Kier alpha value is -2.70. The van der Waals surface area contributed by atoms with Crippen LogP contribution in [-0.2, 0) is 11.2 Å². The van der Waals surface area contributed by atoms with E-state index in [2.05, 4.69) is 25.8 Å². The fourth-order valence-electron chi connectivity index (χ4n) is 3.70. The Morgan fingerprint density at radius 3 is 2.11 bits per heavy atom. The van der Waals surface area contributed by atoms with Crippen LogP contribution in [0.1, 0.15) is 18.4 Å². The minimum Gasteiger partial charge on any atom is -0.356 e.